The van der Waals surface area contributed by atoms with Crippen molar-refractivity contribution in [3.63, 3.8) is 0 Å². The Morgan fingerprint density at radius 2 is 1.91 bits per heavy atom. The molecule has 2 N–H and O–H groups in total. The quantitative estimate of drug-likeness (QED) is 0.852. The maximum absolute atomic E-state index is 12.0. The van der Waals surface area contributed by atoms with E-state index in [1.807, 2.05) is 32.2 Å². The Labute approximate surface area is 139 Å². The largest absolute Gasteiger partial charge is 0.339 e. The zero-order valence-corrected chi connectivity index (χ0v) is 14.4. The second-order valence-corrected chi connectivity index (χ2v) is 6.31. The van der Waals surface area contributed by atoms with Gasteiger partial charge in [0, 0.05) is 36.3 Å². The van der Waals surface area contributed by atoms with Crippen LogP contribution in [0.25, 0.3) is 0 Å². The fourth-order valence-electron chi connectivity index (χ4n) is 2.17. The Bertz CT molecular complexity index is 556. The van der Waals surface area contributed by atoms with Crippen LogP contribution in [0, 0.1) is 6.92 Å². The van der Waals surface area contributed by atoms with Gasteiger partial charge in [0.05, 0.1) is 6.54 Å². The van der Waals surface area contributed by atoms with Gasteiger partial charge < -0.3 is 20.4 Å². The van der Waals surface area contributed by atoms with Crippen LogP contribution in [0.3, 0.4) is 0 Å². The molecule has 1 aromatic rings. The van der Waals surface area contributed by atoms with Gasteiger partial charge in [-0.05, 0) is 31.7 Å². The van der Waals surface area contributed by atoms with Crippen LogP contribution in [0.5, 0.6) is 0 Å². The number of anilines is 1. The van der Waals surface area contributed by atoms with Gasteiger partial charge in [-0.15, -0.1) is 0 Å². The highest BCUT2D eigenvalue weighted by Crippen LogP contribution is 2.20. The average molecular weight is 369 g/mol. The van der Waals surface area contributed by atoms with Crippen LogP contribution >= 0.6 is 15.9 Å². The number of aryl methyl sites for hydroxylation is 1. The van der Waals surface area contributed by atoms with E-state index >= 15 is 0 Å². The minimum atomic E-state index is -0.377. The van der Waals surface area contributed by atoms with E-state index < -0.39 is 0 Å². The van der Waals surface area contributed by atoms with Gasteiger partial charge in [-0.25, -0.2) is 4.79 Å². The van der Waals surface area contributed by atoms with Crippen LogP contribution < -0.4 is 10.6 Å². The molecule has 0 aliphatic carbocycles. The first kappa shape index (κ1) is 16.8. The first-order valence-corrected chi connectivity index (χ1v) is 8.02. The molecule has 2 rings (SSSR count). The van der Waals surface area contributed by atoms with Crippen molar-refractivity contribution < 1.29 is 9.59 Å². The summed E-state index contributed by atoms with van der Waals surface area (Å²) in [6.07, 6.45) is 0. The normalized spacial score (nSPS) is 15.5. The molecule has 0 aromatic heterocycles. The van der Waals surface area contributed by atoms with Gasteiger partial charge in [0.2, 0.25) is 5.91 Å². The van der Waals surface area contributed by atoms with Gasteiger partial charge in [0.1, 0.15) is 0 Å². The molecule has 22 heavy (non-hydrogen) atoms. The summed E-state index contributed by atoms with van der Waals surface area (Å²) in [5.41, 5.74) is 1.78. The van der Waals surface area contributed by atoms with E-state index in [-0.39, 0.29) is 18.5 Å². The molecule has 0 saturated carbocycles. The summed E-state index contributed by atoms with van der Waals surface area (Å²) in [7, 11) is 2.03. The number of hydrogen-bond donors (Lipinski definition) is 2. The standard InChI is InChI=1S/C15H21BrN4O2/c1-11-3-4-12(9-13(11)16)18-15(22)17-10-14(21)20-7-5-19(2)6-8-20/h3-4,9H,5-8,10H2,1-2H3,(H2,17,18,22). The molecule has 7 heteroatoms. The van der Waals surface area contributed by atoms with Crippen LogP contribution in [0.15, 0.2) is 22.7 Å². The van der Waals surface area contributed by atoms with Crippen molar-refractivity contribution in [2.45, 2.75) is 6.92 Å². The van der Waals surface area contributed by atoms with Crippen molar-refractivity contribution in [1.82, 2.24) is 15.1 Å². The summed E-state index contributed by atoms with van der Waals surface area (Å²) in [6, 6.07) is 5.19. The minimum absolute atomic E-state index is 0.0164. The third-order valence-corrected chi connectivity index (χ3v) is 4.54. The van der Waals surface area contributed by atoms with Crippen molar-refractivity contribution in [2.75, 3.05) is 45.1 Å². The first-order chi connectivity index (χ1) is 10.5. The molecule has 0 bridgehead atoms. The lowest BCUT2D eigenvalue weighted by atomic mass is 10.2. The Balaban J connectivity index is 1.77. The molecule has 0 unspecified atom stereocenters. The summed E-state index contributed by atoms with van der Waals surface area (Å²) >= 11 is 3.42. The summed E-state index contributed by atoms with van der Waals surface area (Å²) in [5.74, 6) is -0.0478. The highest BCUT2D eigenvalue weighted by atomic mass is 79.9. The summed E-state index contributed by atoms with van der Waals surface area (Å²) < 4.78 is 0.929. The molecule has 1 fully saturated rings. The Morgan fingerprint density at radius 3 is 2.55 bits per heavy atom. The van der Waals surface area contributed by atoms with E-state index in [1.165, 1.54) is 0 Å². The van der Waals surface area contributed by atoms with Crippen molar-refractivity contribution in [1.29, 1.82) is 0 Å². The Kier molecular flexibility index (Phi) is 5.79. The first-order valence-electron chi connectivity index (χ1n) is 7.23. The maximum Gasteiger partial charge on any atom is 0.319 e. The van der Waals surface area contributed by atoms with Crippen LogP contribution in [0.1, 0.15) is 5.56 Å². The van der Waals surface area contributed by atoms with Gasteiger partial charge in [0.15, 0.2) is 0 Å². The number of likely N-dealkylation sites (N-methyl/N-ethyl adjacent to an activating group) is 1. The molecule has 0 atom stereocenters. The molecule has 0 spiro atoms. The van der Waals surface area contributed by atoms with Gasteiger partial charge in [-0.3, -0.25) is 4.79 Å². The second kappa shape index (κ2) is 7.60. The molecule has 1 aliphatic rings. The zero-order chi connectivity index (χ0) is 16.1. The smallest absolute Gasteiger partial charge is 0.319 e. The number of amides is 3. The van der Waals surface area contributed by atoms with Gasteiger partial charge >= 0.3 is 6.03 Å². The van der Waals surface area contributed by atoms with Gasteiger partial charge in [0.25, 0.3) is 0 Å². The molecular weight excluding hydrogens is 348 g/mol. The maximum atomic E-state index is 12.0. The second-order valence-electron chi connectivity index (χ2n) is 5.46. The number of hydrogen-bond acceptors (Lipinski definition) is 3. The van der Waals surface area contributed by atoms with E-state index in [0.717, 1.165) is 23.1 Å². The number of nitrogens with zero attached hydrogens (tertiary/aromatic N) is 2. The molecular formula is C15H21BrN4O2. The predicted molar refractivity (Wildman–Crippen MR) is 90.0 cm³/mol. The fraction of sp³-hybridized carbons (Fsp3) is 0.467. The zero-order valence-electron chi connectivity index (χ0n) is 12.9. The van der Waals surface area contributed by atoms with Crippen LogP contribution in [0.2, 0.25) is 0 Å². The van der Waals surface area contributed by atoms with Crippen molar-refractivity contribution in [3.05, 3.63) is 28.2 Å². The molecule has 3 amide bonds. The number of nitrogens with one attached hydrogen (secondary N) is 2. The number of urea groups is 1. The van der Waals surface area contributed by atoms with E-state index in [2.05, 4.69) is 31.5 Å². The molecule has 1 saturated heterocycles. The lowest BCUT2D eigenvalue weighted by Gasteiger charge is -2.32. The summed E-state index contributed by atoms with van der Waals surface area (Å²) in [4.78, 5) is 27.8. The SMILES string of the molecule is Cc1ccc(NC(=O)NCC(=O)N2CCN(C)CC2)cc1Br. The monoisotopic (exact) mass is 368 g/mol. The van der Waals surface area contributed by atoms with Crippen LogP contribution in [0.4, 0.5) is 10.5 Å². The lowest BCUT2D eigenvalue weighted by molar-refractivity contribution is -0.131. The van der Waals surface area contributed by atoms with Crippen molar-refractivity contribution >= 4 is 33.6 Å². The number of halogens is 1. The third-order valence-electron chi connectivity index (χ3n) is 3.69. The number of carbonyl (C=O) groups is 2. The topological polar surface area (TPSA) is 64.7 Å². The fourth-order valence-corrected chi connectivity index (χ4v) is 2.55. The number of rotatable bonds is 3. The molecule has 1 aliphatic heterocycles. The summed E-state index contributed by atoms with van der Waals surface area (Å²) in [6.45, 7) is 5.16. The van der Waals surface area contributed by atoms with Gasteiger partial charge in [-0.1, -0.05) is 22.0 Å². The average Bonchev–Trinajstić information content (AvgIpc) is 2.49. The number of carbonyl (C=O) groups excluding carboxylic acids is 2. The van der Waals surface area contributed by atoms with Gasteiger partial charge in [-0.2, -0.15) is 0 Å². The molecule has 1 aromatic carbocycles. The van der Waals surface area contributed by atoms with Crippen LogP contribution in [-0.2, 0) is 4.79 Å². The molecule has 1 heterocycles. The lowest BCUT2D eigenvalue weighted by Crippen LogP contribution is -2.50. The van der Waals surface area contributed by atoms with Crippen molar-refractivity contribution in [2.24, 2.45) is 0 Å². The van der Waals surface area contributed by atoms with Crippen molar-refractivity contribution in [3.8, 4) is 0 Å². The Hall–Kier alpha value is -1.60. The highest BCUT2D eigenvalue weighted by Gasteiger charge is 2.19. The predicted octanol–water partition coefficient (Wildman–Crippen LogP) is 1.65. The Morgan fingerprint density at radius 1 is 1.23 bits per heavy atom. The molecule has 120 valence electrons. The highest BCUT2D eigenvalue weighted by molar-refractivity contribution is 9.10. The minimum Gasteiger partial charge on any atom is -0.339 e. The third kappa shape index (κ3) is 4.71. The van der Waals surface area contributed by atoms with E-state index in [9.17, 15) is 9.59 Å². The van der Waals surface area contributed by atoms with E-state index in [1.54, 1.807) is 4.90 Å². The molecule has 0 radical (unpaired) electrons. The summed E-state index contributed by atoms with van der Waals surface area (Å²) in [5, 5.41) is 5.32. The van der Waals surface area contributed by atoms with E-state index in [0.29, 0.717) is 18.8 Å². The molecule has 6 nitrogen and oxygen atoms in total. The van der Waals surface area contributed by atoms with Crippen LogP contribution in [-0.4, -0.2) is 61.5 Å². The van der Waals surface area contributed by atoms with E-state index in [4.69, 9.17) is 0 Å². The number of piperazine rings is 1. The number of benzene rings is 1.